The third-order valence-corrected chi connectivity index (χ3v) is 4.91. The summed E-state index contributed by atoms with van der Waals surface area (Å²) in [4.78, 5) is 17.5. The molecule has 1 N–H and O–H groups in total. The first-order valence-corrected chi connectivity index (χ1v) is 8.13. The molecule has 5 nitrogen and oxygen atoms in total. The van der Waals surface area contributed by atoms with Crippen LogP contribution in [-0.2, 0) is 7.05 Å². The van der Waals surface area contributed by atoms with Crippen LogP contribution in [0, 0.1) is 6.92 Å². The van der Waals surface area contributed by atoms with Crippen molar-refractivity contribution in [3.05, 3.63) is 39.3 Å². The summed E-state index contributed by atoms with van der Waals surface area (Å²) in [7, 11) is 1.80. The van der Waals surface area contributed by atoms with E-state index in [9.17, 15) is 4.79 Å². The molecule has 0 bridgehead atoms. The average Bonchev–Trinajstić information content (AvgIpc) is 3.12. The Morgan fingerprint density at radius 2 is 2.24 bits per heavy atom. The van der Waals surface area contributed by atoms with Crippen molar-refractivity contribution in [2.75, 3.05) is 5.32 Å². The van der Waals surface area contributed by atoms with Crippen molar-refractivity contribution < 1.29 is 4.79 Å². The highest BCUT2D eigenvalue weighted by Crippen LogP contribution is 2.32. The van der Waals surface area contributed by atoms with Crippen LogP contribution in [0.2, 0.25) is 4.34 Å². The number of anilines is 1. The number of halogens is 1. The lowest BCUT2D eigenvalue weighted by Gasteiger charge is -1.97. The van der Waals surface area contributed by atoms with Crippen LogP contribution >= 0.6 is 34.3 Å². The minimum atomic E-state index is -0.260. The van der Waals surface area contributed by atoms with Gasteiger partial charge in [0, 0.05) is 18.1 Å². The number of aryl methyl sites for hydroxylation is 2. The summed E-state index contributed by atoms with van der Waals surface area (Å²) >= 11 is 8.74. The van der Waals surface area contributed by atoms with E-state index in [0.29, 0.717) is 15.2 Å². The van der Waals surface area contributed by atoms with E-state index in [1.807, 2.05) is 24.4 Å². The molecular weight excluding hydrogens is 328 g/mol. The lowest BCUT2D eigenvalue weighted by molar-refractivity contribution is 0.102. The fourth-order valence-electron chi connectivity index (χ4n) is 1.73. The number of carbonyl (C=O) groups is 1. The number of thiophene rings is 1. The van der Waals surface area contributed by atoms with E-state index in [1.54, 1.807) is 17.8 Å². The smallest absolute Gasteiger partial charge is 0.277 e. The fourth-order valence-corrected chi connectivity index (χ4v) is 3.51. The van der Waals surface area contributed by atoms with E-state index in [-0.39, 0.29) is 5.91 Å². The van der Waals surface area contributed by atoms with E-state index >= 15 is 0 Å². The minimum Gasteiger partial charge on any atom is -0.296 e. The zero-order valence-corrected chi connectivity index (χ0v) is 13.6. The Labute approximate surface area is 134 Å². The molecule has 0 saturated carbocycles. The largest absolute Gasteiger partial charge is 0.296 e. The molecule has 3 aromatic rings. The highest BCUT2D eigenvalue weighted by atomic mass is 35.5. The van der Waals surface area contributed by atoms with Gasteiger partial charge in [-0.1, -0.05) is 11.6 Å². The van der Waals surface area contributed by atoms with Gasteiger partial charge in [-0.3, -0.25) is 14.8 Å². The van der Waals surface area contributed by atoms with Crippen LogP contribution in [0.5, 0.6) is 0 Å². The molecule has 0 aromatic carbocycles. The average molecular weight is 339 g/mol. The van der Waals surface area contributed by atoms with E-state index in [4.69, 9.17) is 11.6 Å². The molecule has 0 spiro atoms. The first kappa shape index (κ1) is 14.2. The van der Waals surface area contributed by atoms with Gasteiger partial charge in [0.15, 0.2) is 10.8 Å². The van der Waals surface area contributed by atoms with Crippen LogP contribution in [-0.4, -0.2) is 20.7 Å². The van der Waals surface area contributed by atoms with Crippen molar-refractivity contribution >= 4 is 45.3 Å². The summed E-state index contributed by atoms with van der Waals surface area (Å²) in [5, 5.41) is 9.34. The molecule has 3 rings (SSSR count). The lowest BCUT2D eigenvalue weighted by Crippen LogP contribution is -2.12. The molecule has 0 aliphatic heterocycles. The Morgan fingerprint density at radius 3 is 2.86 bits per heavy atom. The van der Waals surface area contributed by atoms with Crippen molar-refractivity contribution in [1.29, 1.82) is 0 Å². The first-order chi connectivity index (χ1) is 10.0. The topological polar surface area (TPSA) is 59.8 Å². The fraction of sp³-hybridized carbons (Fsp3) is 0.154. The summed E-state index contributed by atoms with van der Waals surface area (Å²) < 4.78 is 2.38. The molecule has 3 heterocycles. The van der Waals surface area contributed by atoms with Gasteiger partial charge in [0.25, 0.3) is 5.91 Å². The predicted octanol–water partition coefficient (Wildman–Crippen LogP) is 3.82. The summed E-state index contributed by atoms with van der Waals surface area (Å²) in [5.74, 6) is -0.260. The molecule has 0 aliphatic carbocycles. The maximum atomic E-state index is 12.1. The van der Waals surface area contributed by atoms with Gasteiger partial charge in [0.2, 0.25) is 0 Å². The number of hydrogen-bond donors (Lipinski definition) is 1. The van der Waals surface area contributed by atoms with Gasteiger partial charge in [0.1, 0.15) is 0 Å². The van der Waals surface area contributed by atoms with E-state index in [0.717, 1.165) is 16.3 Å². The lowest BCUT2D eigenvalue weighted by atomic mass is 10.3. The Bertz CT molecular complexity index is 785. The van der Waals surface area contributed by atoms with Crippen LogP contribution < -0.4 is 5.32 Å². The monoisotopic (exact) mass is 338 g/mol. The maximum Gasteiger partial charge on any atom is 0.277 e. The molecule has 21 heavy (non-hydrogen) atoms. The third-order valence-electron chi connectivity index (χ3n) is 2.90. The van der Waals surface area contributed by atoms with Crippen LogP contribution in [0.1, 0.15) is 16.2 Å². The highest BCUT2D eigenvalue weighted by molar-refractivity contribution is 7.20. The van der Waals surface area contributed by atoms with Gasteiger partial charge in [-0.15, -0.1) is 22.7 Å². The number of rotatable bonds is 3. The van der Waals surface area contributed by atoms with Crippen molar-refractivity contribution in [2.24, 2.45) is 7.05 Å². The molecule has 0 atom stereocenters. The molecule has 1 amide bonds. The number of carbonyl (C=O) groups excluding carboxylic acids is 1. The molecule has 0 fully saturated rings. The van der Waals surface area contributed by atoms with Crippen molar-refractivity contribution in [3.63, 3.8) is 0 Å². The molecule has 0 aliphatic rings. The number of amides is 1. The zero-order valence-electron chi connectivity index (χ0n) is 11.3. The van der Waals surface area contributed by atoms with Gasteiger partial charge >= 0.3 is 0 Å². The number of nitrogens with zero attached hydrogens (tertiary/aromatic N) is 3. The normalized spacial score (nSPS) is 10.8. The molecule has 108 valence electrons. The number of thiazole rings is 1. The van der Waals surface area contributed by atoms with Gasteiger partial charge in [0.05, 0.1) is 14.9 Å². The number of nitrogens with one attached hydrogen (secondary N) is 1. The van der Waals surface area contributed by atoms with E-state index in [2.05, 4.69) is 15.4 Å². The van der Waals surface area contributed by atoms with Crippen LogP contribution in [0.4, 0.5) is 5.13 Å². The summed E-state index contributed by atoms with van der Waals surface area (Å²) in [6.07, 6.45) is 0. The Hall–Kier alpha value is -1.70. The van der Waals surface area contributed by atoms with Crippen LogP contribution in [0.25, 0.3) is 10.6 Å². The quantitative estimate of drug-likeness (QED) is 0.789. The number of hydrogen-bond acceptors (Lipinski definition) is 5. The second-order valence-corrected chi connectivity index (χ2v) is 6.96. The van der Waals surface area contributed by atoms with Gasteiger partial charge < -0.3 is 0 Å². The van der Waals surface area contributed by atoms with Crippen molar-refractivity contribution in [1.82, 2.24) is 14.8 Å². The second-order valence-electron chi connectivity index (χ2n) is 4.39. The molecule has 0 saturated heterocycles. The first-order valence-electron chi connectivity index (χ1n) is 6.06. The molecule has 0 unspecified atom stereocenters. The Balaban J connectivity index is 1.76. The van der Waals surface area contributed by atoms with Crippen molar-refractivity contribution in [3.8, 4) is 10.6 Å². The van der Waals surface area contributed by atoms with Crippen LogP contribution in [0.15, 0.2) is 23.6 Å². The van der Waals surface area contributed by atoms with Crippen LogP contribution in [0.3, 0.4) is 0 Å². The predicted molar refractivity (Wildman–Crippen MR) is 86.3 cm³/mol. The Kier molecular flexibility index (Phi) is 3.79. The summed E-state index contributed by atoms with van der Waals surface area (Å²) in [6.45, 7) is 1.89. The molecular formula is C13H11ClN4OS2. The molecule has 3 aromatic heterocycles. The Morgan fingerprint density at radius 1 is 1.43 bits per heavy atom. The van der Waals surface area contributed by atoms with Crippen molar-refractivity contribution in [2.45, 2.75) is 6.92 Å². The molecule has 0 radical (unpaired) electrons. The summed E-state index contributed by atoms with van der Waals surface area (Å²) in [5.41, 5.74) is 2.11. The minimum absolute atomic E-state index is 0.260. The van der Waals surface area contributed by atoms with Gasteiger partial charge in [-0.25, -0.2) is 4.98 Å². The highest BCUT2D eigenvalue weighted by Gasteiger charge is 2.14. The SMILES string of the molecule is Cc1cc(C(=O)Nc2nc(-c3ccc(Cl)s3)cs2)nn1C. The molecule has 8 heteroatoms. The third kappa shape index (κ3) is 2.99. The number of aromatic nitrogens is 3. The summed E-state index contributed by atoms with van der Waals surface area (Å²) in [6, 6.07) is 5.48. The standard InChI is InChI=1S/C13H11ClN4OS2/c1-7-5-8(17-18(7)2)12(19)16-13-15-9(6-20-13)10-3-4-11(14)21-10/h3-6H,1-2H3,(H,15,16,19). The van der Waals surface area contributed by atoms with E-state index < -0.39 is 0 Å². The zero-order chi connectivity index (χ0) is 15.0. The maximum absolute atomic E-state index is 12.1. The van der Waals surface area contributed by atoms with Gasteiger partial charge in [-0.05, 0) is 25.1 Å². The van der Waals surface area contributed by atoms with Gasteiger partial charge in [-0.2, -0.15) is 5.10 Å². The van der Waals surface area contributed by atoms with E-state index in [1.165, 1.54) is 22.7 Å². The second kappa shape index (κ2) is 5.59.